The molecule has 0 heterocycles. The Kier molecular flexibility index (Phi) is 13.2. The molecular weight excluding hydrogens is 228 g/mol. The van der Waals surface area contributed by atoms with Crippen LogP contribution in [-0.2, 0) is 0 Å². The number of allylic oxidation sites excluding steroid dienone is 4. The van der Waals surface area contributed by atoms with Crippen LogP contribution in [0.4, 0.5) is 0 Å². The van der Waals surface area contributed by atoms with Gasteiger partial charge in [0.1, 0.15) is 0 Å². The molecular formula is C19H36. The lowest BCUT2D eigenvalue weighted by Crippen LogP contribution is -2.26. The van der Waals surface area contributed by atoms with Gasteiger partial charge in [0.05, 0.1) is 0 Å². The van der Waals surface area contributed by atoms with Crippen molar-refractivity contribution in [3.8, 4) is 0 Å². The molecule has 0 aliphatic rings. The topological polar surface area (TPSA) is 0 Å². The number of hydrogen-bond acceptors (Lipinski definition) is 0. The molecule has 19 heavy (non-hydrogen) atoms. The molecule has 0 bridgehead atoms. The first kappa shape index (κ1) is 23.1. The molecule has 112 valence electrons. The van der Waals surface area contributed by atoms with Gasteiger partial charge in [-0.15, -0.1) is 13.2 Å². The molecule has 0 saturated heterocycles. The molecule has 0 amide bonds. The summed E-state index contributed by atoms with van der Waals surface area (Å²) < 4.78 is 0. The first-order chi connectivity index (χ1) is 8.72. The zero-order chi connectivity index (χ0) is 16.3. The van der Waals surface area contributed by atoms with E-state index in [4.69, 9.17) is 0 Å². The van der Waals surface area contributed by atoms with E-state index in [1.807, 2.05) is 53.7 Å². The summed E-state index contributed by atoms with van der Waals surface area (Å²) in [5.41, 5.74) is 2.16. The molecule has 0 aliphatic carbocycles. The van der Waals surface area contributed by atoms with E-state index >= 15 is 0 Å². The molecule has 2 atom stereocenters. The first-order valence-electron chi connectivity index (χ1n) is 7.31. The van der Waals surface area contributed by atoms with Crippen molar-refractivity contribution in [1.29, 1.82) is 0 Å². The Morgan fingerprint density at radius 1 is 0.789 bits per heavy atom. The van der Waals surface area contributed by atoms with E-state index in [-0.39, 0.29) is 10.8 Å². The summed E-state index contributed by atoms with van der Waals surface area (Å²) in [5, 5.41) is 0. The second kappa shape index (κ2) is 10.8. The minimum Gasteiger partial charge on any atom is -0.102 e. The zero-order valence-electron chi connectivity index (χ0n) is 14.7. The highest BCUT2D eigenvalue weighted by atomic mass is 14.4. The molecule has 0 radical (unpaired) electrons. The quantitative estimate of drug-likeness (QED) is 0.455. The average molecular weight is 264 g/mol. The molecule has 0 N–H and O–H groups in total. The summed E-state index contributed by atoms with van der Waals surface area (Å²) in [6.45, 7) is 32.3. The molecule has 0 aromatic rings. The van der Waals surface area contributed by atoms with E-state index in [0.29, 0.717) is 0 Å². The lowest BCUT2D eigenvalue weighted by Gasteiger charge is -2.37. The molecule has 0 fully saturated rings. The van der Waals surface area contributed by atoms with Crippen molar-refractivity contribution < 1.29 is 0 Å². The van der Waals surface area contributed by atoms with Crippen molar-refractivity contribution in [1.82, 2.24) is 0 Å². The van der Waals surface area contributed by atoms with Gasteiger partial charge in [0, 0.05) is 10.8 Å². The molecule has 0 rings (SSSR count). The van der Waals surface area contributed by atoms with Gasteiger partial charge in [-0.05, 0) is 20.3 Å². The summed E-state index contributed by atoms with van der Waals surface area (Å²) in [6.07, 6.45) is 4.87. The van der Waals surface area contributed by atoms with Crippen LogP contribution in [0.5, 0.6) is 0 Å². The molecule has 0 spiro atoms. The Morgan fingerprint density at radius 2 is 1.00 bits per heavy atom. The fourth-order valence-corrected chi connectivity index (χ4v) is 1.56. The third-order valence-electron chi connectivity index (χ3n) is 3.59. The van der Waals surface area contributed by atoms with Crippen molar-refractivity contribution >= 4 is 0 Å². The second-order valence-corrected chi connectivity index (χ2v) is 4.98. The molecule has 0 aliphatic heterocycles. The number of hydrogen-bond donors (Lipinski definition) is 0. The van der Waals surface area contributed by atoms with Crippen LogP contribution in [0.25, 0.3) is 0 Å². The largest absolute Gasteiger partial charge is 0.102 e. The highest BCUT2D eigenvalue weighted by Crippen LogP contribution is 2.43. The van der Waals surface area contributed by atoms with Crippen molar-refractivity contribution in [2.45, 2.75) is 61.8 Å². The van der Waals surface area contributed by atoms with E-state index in [2.05, 4.69) is 40.2 Å². The minimum atomic E-state index is -0.0537. The Bertz CT molecular complexity index is 265. The fraction of sp³-hybridized carbons (Fsp3) is 0.579. The van der Waals surface area contributed by atoms with Gasteiger partial charge < -0.3 is 0 Å². The zero-order valence-corrected chi connectivity index (χ0v) is 14.7. The minimum absolute atomic E-state index is 0.0537. The monoisotopic (exact) mass is 264 g/mol. The normalized spacial score (nSPS) is 15.2. The van der Waals surface area contributed by atoms with Gasteiger partial charge in [0.2, 0.25) is 0 Å². The predicted octanol–water partition coefficient (Wildman–Crippen LogP) is 6.97. The fourth-order valence-electron chi connectivity index (χ4n) is 1.56. The van der Waals surface area contributed by atoms with Gasteiger partial charge in [-0.2, -0.15) is 0 Å². The van der Waals surface area contributed by atoms with Crippen LogP contribution in [0.3, 0.4) is 0 Å². The highest BCUT2D eigenvalue weighted by Gasteiger charge is 2.32. The van der Waals surface area contributed by atoms with Gasteiger partial charge in [-0.1, -0.05) is 78.0 Å². The Balaban J connectivity index is -0.000000579. The highest BCUT2D eigenvalue weighted by molar-refractivity contribution is 5.22. The summed E-state index contributed by atoms with van der Waals surface area (Å²) in [5.74, 6) is 0. The van der Waals surface area contributed by atoms with Crippen LogP contribution in [0.2, 0.25) is 0 Å². The Labute approximate surface area is 123 Å². The van der Waals surface area contributed by atoms with Gasteiger partial charge in [0.15, 0.2) is 0 Å². The van der Waals surface area contributed by atoms with Crippen molar-refractivity contribution in [3.63, 3.8) is 0 Å². The first-order valence-corrected chi connectivity index (χ1v) is 7.31. The number of rotatable bonds is 6. The molecule has 0 heteroatoms. The van der Waals surface area contributed by atoms with Crippen molar-refractivity contribution in [3.05, 3.63) is 49.6 Å². The summed E-state index contributed by atoms with van der Waals surface area (Å²) in [4.78, 5) is 0. The van der Waals surface area contributed by atoms with E-state index in [1.165, 1.54) is 0 Å². The van der Waals surface area contributed by atoms with Crippen LogP contribution in [-0.4, -0.2) is 0 Å². The van der Waals surface area contributed by atoms with Crippen molar-refractivity contribution in [2.24, 2.45) is 10.8 Å². The van der Waals surface area contributed by atoms with Gasteiger partial charge in [-0.25, -0.2) is 0 Å². The summed E-state index contributed by atoms with van der Waals surface area (Å²) in [6, 6.07) is 0. The molecule has 0 nitrogen and oxygen atoms in total. The average Bonchev–Trinajstić information content (AvgIpc) is 2.42. The van der Waals surface area contributed by atoms with Crippen LogP contribution < -0.4 is 0 Å². The van der Waals surface area contributed by atoms with Gasteiger partial charge in [0.25, 0.3) is 0 Å². The maximum absolute atomic E-state index is 4.04. The molecule has 0 saturated carbocycles. The van der Waals surface area contributed by atoms with Crippen LogP contribution in [0.1, 0.15) is 61.8 Å². The van der Waals surface area contributed by atoms with Gasteiger partial charge in [-0.3, -0.25) is 0 Å². The summed E-state index contributed by atoms with van der Waals surface area (Å²) in [7, 11) is 0. The third-order valence-corrected chi connectivity index (χ3v) is 3.59. The molecule has 2 unspecified atom stereocenters. The van der Waals surface area contributed by atoms with E-state index in [9.17, 15) is 0 Å². The van der Waals surface area contributed by atoms with E-state index in [0.717, 1.165) is 17.6 Å². The maximum atomic E-state index is 4.04. The lowest BCUT2D eigenvalue weighted by molar-refractivity contribution is 0.333. The second-order valence-electron chi connectivity index (χ2n) is 4.98. The lowest BCUT2D eigenvalue weighted by atomic mass is 9.67. The van der Waals surface area contributed by atoms with E-state index in [1.54, 1.807) is 0 Å². The SMILES string of the molecule is C=CC(C)(CC(C)(C=C)C(=C)C)C(=C)C.CC.CC. The van der Waals surface area contributed by atoms with Crippen molar-refractivity contribution in [2.75, 3.05) is 0 Å². The van der Waals surface area contributed by atoms with Gasteiger partial charge >= 0.3 is 0 Å². The maximum Gasteiger partial charge on any atom is 0.00656 e. The van der Waals surface area contributed by atoms with E-state index < -0.39 is 0 Å². The van der Waals surface area contributed by atoms with Crippen LogP contribution in [0.15, 0.2) is 49.6 Å². The molecule has 0 aromatic carbocycles. The molecule has 0 aromatic heterocycles. The van der Waals surface area contributed by atoms with Crippen LogP contribution >= 0.6 is 0 Å². The predicted molar refractivity (Wildman–Crippen MR) is 93.5 cm³/mol. The Hall–Kier alpha value is -1.04. The third kappa shape index (κ3) is 7.20. The standard InChI is InChI=1S/C15H24.2C2H6/c1-9-14(7,12(3)4)11-15(8,10-2)13(5)6;2*1-2/h9-10H,1-3,5,11H2,4,6-8H3;2*1-2H3. The van der Waals surface area contributed by atoms with Crippen LogP contribution in [0, 0.1) is 10.8 Å². The smallest absolute Gasteiger partial charge is 0.00656 e. The Morgan fingerprint density at radius 3 is 1.11 bits per heavy atom. The summed E-state index contributed by atoms with van der Waals surface area (Å²) >= 11 is 0.